The second-order valence-electron chi connectivity index (χ2n) is 9.78. The molecule has 0 aromatic carbocycles. The number of nitrogens with zero attached hydrogens (tertiary/aromatic N) is 1. The van der Waals surface area contributed by atoms with Gasteiger partial charge in [0.25, 0.3) is 0 Å². The van der Waals surface area contributed by atoms with Crippen molar-refractivity contribution in [2.75, 3.05) is 27.2 Å². The van der Waals surface area contributed by atoms with Gasteiger partial charge in [-0.3, -0.25) is 9.59 Å². The van der Waals surface area contributed by atoms with Crippen LogP contribution < -0.4 is 5.32 Å². The molecule has 0 bridgehead atoms. The molecule has 0 aliphatic heterocycles. The summed E-state index contributed by atoms with van der Waals surface area (Å²) in [6.07, 6.45) is 18.2. The molecule has 0 saturated carbocycles. The third-order valence-corrected chi connectivity index (χ3v) is 5.97. The van der Waals surface area contributed by atoms with E-state index in [2.05, 4.69) is 33.3 Å². The van der Waals surface area contributed by atoms with Crippen LogP contribution in [0.1, 0.15) is 117 Å². The zero-order valence-electron chi connectivity index (χ0n) is 20.5. The number of carbonyl (C=O) groups excluding carboxylic acids is 1. The second-order valence-corrected chi connectivity index (χ2v) is 9.78. The van der Waals surface area contributed by atoms with Crippen molar-refractivity contribution in [3.8, 4) is 0 Å². The summed E-state index contributed by atoms with van der Waals surface area (Å²) in [4.78, 5) is 22.8. The van der Waals surface area contributed by atoms with Gasteiger partial charge < -0.3 is 14.9 Å². The lowest BCUT2D eigenvalue weighted by Crippen LogP contribution is -2.42. The van der Waals surface area contributed by atoms with Crippen LogP contribution in [0.3, 0.4) is 0 Å². The van der Waals surface area contributed by atoms with Gasteiger partial charge in [-0.2, -0.15) is 0 Å². The molecule has 5 nitrogen and oxygen atoms in total. The molecule has 2 N–H and O–H groups in total. The topological polar surface area (TPSA) is 66.4 Å². The summed E-state index contributed by atoms with van der Waals surface area (Å²) in [5, 5.41) is 11.9. The van der Waals surface area contributed by atoms with Gasteiger partial charge in [-0.1, -0.05) is 77.6 Å². The average molecular weight is 428 g/mol. The maximum atomic E-state index is 12.1. The summed E-state index contributed by atoms with van der Waals surface area (Å²) in [7, 11) is 4.21. The van der Waals surface area contributed by atoms with E-state index in [1.54, 1.807) is 0 Å². The first-order valence-corrected chi connectivity index (χ1v) is 12.6. The van der Waals surface area contributed by atoms with Gasteiger partial charge in [0, 0.05) is 25.3 Å². The Labute approximate surface area is 186 Å². The van der Waals surface area contributed by atoms with Crippen molar-refractivity contribution in [2.45, 2.75) is 123 Å². The quantitative estimate of drug-likeness (QED) is 0.177. The van der Waals surface area contributed by atoms with Crippen molar-refractivity contribution in [1.82, 2.24) is 5.32 Å². The number of amides is 1. The fourth-order valence-corrected chi connectivity index (χ4v) is 3.97. The molecule has 0 aromatic heterocycles. The first-order chi connectivity index (χ1) is 14.3. The maximum absolute atomic E-state index is 12.1. The number of hydrogen-bond acceptors (Lipinski definition) is 2. The van der Waals surface area contributed by atoms with Crippen LogP contribution in [-0.2, 0) is 9.59 Å². The predicted octanol–water partition coefficient (Wildman–Crippen LogP) is 5.91. The number of carboxylic acids is 1. The highest BCUT2D eigenvalue weighted by Gasteiger charge is 2.16. The van der Waals surface area contributed by atoms with Crippen molar-refractivity contribution < 1.29 is 19.2 Å². The predicted molar refractivity (Wildman–Crippen MR) is 127 cm³/mol. The Morgan fingerprint density at radius 3 is 1.73 bits per heavy atom. The Hall–Kier alpha value is -1.10. The van der Waals surface area contributed by atoms with Crippen molar-refractivity contribution in [3.63, 3.8) is 0 Å². The van der Waals surface area contributed by atoms with E-state index in [0.29, 0.717) is 12.8 Å². The van der Waals surface area contributed by atoms with E-state index >= 15 is 0 Å². The summed E-state index contributed by atoms with van der Waals surface area (Å²) in [5.41, 5.74) is 0. The van der Waals surface area contributed by atoms with E-state index < -0.39 is 5.97 Å². The first-order valence-electron chi connectivity index (χ1n) is 12.6. The monoisotopic (exact) mass is 427 g/mol. The smallest absolute Gasteiger partial charge is 0.303 e. The Morgan fingerprint density at radius 2 is 1.23 bits per heavy atom. The zero-order chi connectivity index (χ0) is 22.7. The standard InChI is InChI=1S/C25H50N2O3/c1-5-6-7-8-9-10-11-12-13-14-15-18-23(2)26-24(28)19-16-21-27(3,4)22-17-20-25(29)30/h23H,5-22H2,1-4H3,(H-,26,28,29,30)/p+1. The molecule has 178 valence electrons. The van der Waals surface area contributed by atoms with Gasteiger partial charge in [-0.05, 0) is 13.3 Å². The number of unbranched alkanes of at least 4 members (excludes halogenated alkanes) is 10. The second kappa shape index (κ2) is 18.7. The van der Waals surface area contributed by atoms with Crippen LogP contribution in [0, 0.1) is 0 Å². The fraction of sp³-hybridized carbons (Fsp3) is 0.920. The van der Waals surface area contributed by atoms with Gasteiger partial charge >= 0.3 is 5.97 Å². The molecule has 0 aliphatic rings. The van der Waals surface area contributed by atoms with E-state index in [9.17, 15) is 9.59 Å². The molecule has 0 spiro atoms. The van der Waals surface area contributed by atoms with Crippen LogP contribution in [0.2, 0.25) is 0 Å². The molecule has 0 saturated heterocycles. The number of nitrogens with one attached hydrogen (secondary N) is 1. The van der Waals surface area contributed by atoms with Crippen LogP contribution in [-0.4, -0.2) is 54.7 Å². The molecule has 0 fully saturated rings. The number of quaternary nitrogens is 1. The lowest BCUT2D eigenvalue weighted by atomic mass is 10.0. The minimum Gasteiger partial charge on any atom is -0.481 e. The summed E-state index contributed by atoms with van der Waals surface area (Å²) < 4.78 is 0.773. The minimum absolute atomic E-state index is 0.149. The largest absolute Gasteiger partial charge is 0.481 e. The van der Waals surface area contributed by atoms with Crippen molar-refractivity contribution in [3.05, 3.63) is 0 Å². The van der Waals surface area contributed by atoms with Gasteiger partial charge in [0.15, 0.2) is 0 Å². The lowest BCUT2D eigenvalue weighted by Gasteiger charge is -2.29. The summed E-state index contributed by atoms with van der Waals surface area (Å²) in [6, 6.07) is 0.258. The Morgan fingerprint density at radius 1 is 0.767 bits per heavy atom. The normalized spacial score (nSPS) is 12.7. The van der Waals surface area contributed by atoms with Gasteiger partial charge in [0.05, 0.1) is 33.6 Å². The number of carboxylic acid groups (broad SMARTS) is 1. The molecule has 1 unspecified atom stereocenters. The van der Waals surface area contributed by atoms with Crippen LogP contribution in [0.5, 0.6) is 0 Å². The van der Waals surface area contributed by atoms with Gasteiger partial charge in [-0.25, -0.2) is 0 Å². The molecular formula is C25H51N2O3+. The number of rotatable bonds is 21. The molecule has 30 heavy (non-hydrogen) atoms. The minimum atomic E-state index is -0.735. The molecule has 0 heterocycles. The molecule has 1 atom stereocenters. The van der Waals surface area contributed by atoms with Crippen molar-refractivity contribution in [1.29, 1.82) is 0 Å². The molecule has 0 aromatic rings. The van der Waals surface area contributed by atoms with E-state index in [0.717, 1.165) is 30.4 Å². The van der Waals surface area contributed by atoms with E-state index in [1.165, 1.54) is 70.6 Å². The van der Waals surface area contributed by atoms with Gasteiger partial charge in [0.1, 0.15) is 0 Å². The molecular weight excluding hydrogens is 376 g/mol. The molecule has 0 rings (SSSR count). The Kier molecular flexibility index (Phi) is 18.0. The highest BCUT2D eigenvalue weighted by atomic mass is 16.4. The summed E-state index contributed by atoms with van der Waals surface area (Å²) in [6.45, 7) is 6.12. The maximum Gasteiger partial charge on any atom is 0.303 e. The number of carbonyl (C=O) groups is 2. The first kappa shape index (κ1) is 28.9. The third-order valence-electron chi connectivity index (χ3n) is 5.97. The van der Waals surface area contributed by atoms with E-state index in [1.807, 2.05) is 0 Å². The lowest BCUT2D eigenvalue weighted by molar-refractivity contribution is -0.890. The third kappa shape index (κ3) is 20.2. The zero-order valence-corrected chi connectivity index (χ0v) is 20.5. The Bertz CT molecular complexity index is 438. The van der Waals surface area contributed by atoms with Crippen LogP contribution >= 0.6 is 0 Å². The van der Waals surface area contributed by atoms with Crippen LogP contribution in [0.25, 0.3) is 0 Å². The Balaban J connectivity index is 3.58. The highest BCUT2D eigenvalue weighted by molar-refractivity contribution is 5.76. The van der Waals surface area contributed by atoms with Crippen molar-refractivity contribution in [2.24, 2.45) is 0 Å². The van der Waals surface area contributed by atoms with Crippen molar-refractivity contribution >= 4 is 11.9 Å². The highest BCUT2D eigenvalue weighted by Crippen LogP contribution is 2.12. The number of aliphatic carboxylic acids is 1. The molecule has 0 radical (unpaired) electrons. The number of hydrogen-bond donors (Lipinski definition) is 2. The summed E-state index contributed by atoms with van der Waals surface area (Å²) >= 11 is 0. The molecule has 5 heteroatoms. The van der Waals surface area contributed by atoms with Crippen LogP contribution in [0.15, 0.2) is 0 Å². The van der Waals surface area contributed by atoms with Gasteiger partial charge in [0.2, 0.25) is 5.91 Å². The SMILES string of the molecule is CCCCCCCCCCCCCC(C)NC(=O)CCC[N+](C)(C)CCCC(=O)O. The fourth-order valence-electron chi connectivity index (χ4n) is 3.97. The average Bonchev–Trinajstić information content (AvgIpc) is 2.65. The van der Waals surface area contributed by atoms with E-state index in [4.69, 9.17) is 5.11 Å². The summed E-state index contributed by atoms with van der Waals surface area (Å²) in [5.74, 6) is -0.586. The van der Waals surface area contributed by atoms with E-state index in [-0.39, 0.29) is 18.4 Å². The van der Waals surface area contributed by atoms with Gasteiger partial charge in [-0.15, -0.1) is 0 Å². The molecule has 0 aliphatic carbocycles. The molecule has 1 amide bonds. The van der Waals surface area contributed by atoms with Crippen LogP contribution in [0.4, 0.5) is 0 Å².